The summed E-state index contributed by atoms with van der Waals surface area (Å²) in [6.07, 6.45) is 3.43. The fourth-order valence-electron chi connectivity index (χ4n) is 3.15. The zero-order valence-corrected chi connectivity index (χ0v) is 22.6. The molecule has 6 nitrogen and oxygen atoms in total. The molecule has 33 heavy (non-hydrogen) atoms. The number of pyridine rings is 1. The number of aromatic nitrogens is 1. The molecule has 168 valence electrons. The summed E-state index contributed by atoms with van der Waals surface area (Å²) < 4.78 is 13.4. The third kappa shape index (κ3) is 5.87. The molecule has 0 bridgehead atoms. The van der Waals surface area contributed by atoms with Gasteiger partial charge in [0.15, 0.2) is 11.5 Å². The third-order valence-corrected chi connectivity index (χ3v) is 7.20. The van der Waals surface area contributed by atoms with E-state index in [1.807, 2.05) is 48.5 Å². The van der Waals surface area contributed by atoms with Gasteiger partial charge in [0.1, 0.15) is 6.61 Å². The summed E-state index contributed by atoms with van der Waals surface area (Å²) >= 11 is 5.34. The number of halogens is 2. The van der Waals surface area contributed by atoms with Crippen molar-refractivity contribution in [2.45, 2.75) is 13.2 Å². The van der Waals surface area contributed by atoms with Gasteiger partial charge in [-0.05, 0) is 111 Å². The highest BCUT2D eigenvalue weighted by Gasteiger charge is 2.35. The van der Waals surface area contributed by atoms with E-state index < -0.39 is 0 Å². The molecule has 4 rings (SSSR count). The molecule has 0 radical (unpaired) electrons. The van der Waals surface area contributed by atoms with Gasteiger partial charge in [-0.1, -0.05) is 18.2 Å². The Balaban J connectivity index is 1.53. The Morgan fingerprint density at radius 1 is 1.09 bits per heavy atom. The number of amides is 2. The SMILES string of the molecule is COc1cc(/C=C2\SC(=O)N(Cc3ccc(I)cc3)C2=O)cc(I)c1OCc1ccccn1. The van der Waals surface area contributed by atoms with Crippen LogP contribution in [0.4, 0.5) is 4.79 Å². The summed E-state index contributed by atoms with van der Waals surface area (Å²) in [5.41, 5.74) is 2.46. The number of imide groups is 1. The number of nitrogens with zero attached hydrogens (tertiary/aromatic N) is 2. The van der Waals surface area contributed by atoms with E-state index in [9.17, 15) is 9.59 Å². The van der Waals surface area contributed by atoms with Crippen LogP contribution < -0.4 is 9.47 Å². The Kier molecular flexibility index (Phi) is 7.91. The Bertz CT molecular complexity index is 1220. The number of methoxy groups -OCH3 is 1. The lowest BCUT2D eigenvalue weighted by molar-refractivity contribution is -0.123. The van der Waals surface area contributed by atoms with Crippen molar-refractivity contribution in [2.75, 3.05) is 7.11 Å². The molecule has 0 spiro atoms. The highest BCUT2D eigenvalue weighted by Crippen LogP contribution is 2.38. The Labute approximate surface area is 223 Å². The van der Waals surface area contributed by atoms with Crippen LogP contribution in [-0.4, -0.2) is 28.1 Å². The summed E-state index contributed by atoms with van der Waals surface area (Å²) in [6.45, 7) is 0.560. The summed E-state index contributed by atoms with van der Waals surface area (Å²) in [4.78, 5) is 31.3. The van der Waals surface area contributed by atoms with Crippen LogP contribution in [0.2, 0.25) is 0 Å². The van der Waals surface area contributed by atoms with Gasteiger partial charge in [0.2, 0.25) is 0 Å². The summed E-state index contributed by atoms with van der Waals surface area (Å²) in [6, 6.07) is 17.1. The molecule has 3 aromatic rings. The van der Waals surface area contributed by atoms with E-state index in [2.05, 4.69) is 50.2 Å². The first kappa shape index (κ1) is 24.0. The average Bonchev–Trinajstić information content (AvgIpc) is 3.07. The highest BCUT2D eigenvalue weighted by molar-refractivity contribution is 14.1. The van der Waals surface area contributed by atoms with E-state index in [0.717, 1.165) is 35.7 Å². The zero-order chi connectivity index (χ0) is 23.4. The van der Waals surface area contributed by atoms with Crippen molar-refractivity contribution < 1.29 is 19.1 Å². The molecule has 0 atom stereocenters. The largest absolute Gasteiger partial charge is 0.493 e. The molecule has 1 aliphatic heterocycles. The molecular weight excluding hydrogens is 666 g/mol. The lowest BCUT2D eigenvalue weighted by atomic mass is 10.1. The fraction of sp³-hybridized carbons (Fsp3) is 0.125. The van der Waals surface area contributed by atoms with E-state index in [1.54, 1.807) is 25.4 Å². The van der Waals surface area contributed by atoms with E-state index in [4.69, 9.17) is 9.47 Å². The van der Waals surface area contributed by atoms with E-state index in [1.165, 1.54) is 4.90 Å². The molecule has 1 aliphatic rings. The Morgan fingerprint density at radius 2 is 1.88 bits per heavy atom. The lowest BCUT2D eigenvalue weighted by Crippen LogP contribution is -2.27. The molecule has 1 saturated heterocycles. The predicted octanol–water partition coefficient (Wildman–Crippen LogP) is 6.11. The van der Waals surface area contributed by atoms with E-state index in [0.29, 0.717) is 23.0 Å². The minimum atomic E-state index is -0.298. The smallest absolute Gasteiger partial charge is 0.293 e. The maximum Gasteiger partial charge on any atom is 0.293 e. The first-order chi connectivity index (χ1) is 15.9. The van der Waals surface area contributed by atoms with Gasteiger partial charge in [-0.3, -0.25) is 19.5 Å². The van der Waals surface area contributed by atoms with Gasteiger partial charge in [-0.15, -0.1) is 0 Å². The number of thioether (sulfide) groups is 1. The molecule has 0 unspecified atom stereocenters. The molecule has 2 amide bonds. The van der Waals surface area contributed by atoms with Crippen molar-refractivity contribution in [1.29, 1.82) is 0 Å². The van der Waals surface area contributed by atoms with Gasteiger partial charge in [0.25, 0.3) is 11.1 Å². The Morgan fingerprint density at radius 3 is 2.58 bits per heavy atom. The first-order valence-electron chi connectivity index (χ1n) is 9.84. The molecule has 0 N–H and O–H groups in total. The van der Waals surface area contributed by atoms with Crippen LogP contribution in [0.5, 0.6) is 11.5 Å². The molecule has 1 fully saturated rings. The van der Waals surface area contributed by atoms with Crippen LogP contribution in [0.3, 0.4) is 0 Å². The maximum absolute atomic E-state index is 12.9. The molecule has 2 heterocycles. The van der Waals surface area contributed by atoms with Crippen molar-refractivity contribution in [1.82, 2.24) is 9.88 Å². The van der Waals surface area contributed by atoms with Gasteiger partial charge in [-0.2, -0.15) is 0 Å². The number of hydrogen-bond acceptors (Lipinski definition) is 6. The van der Waals surface area contributed by atoms with Crippen molar-refractivity contribution in [2.24, 2.45) is 0 Å². The minimum Gasteiger partial charge on any atom is -0.493 e. The van der Waals surface area contributed by atoms with Crippen molar-refractivity contribution in [3.05, 3.63) is 89.7 Å². The molecular formula is C24H18I2N2O4S. The number of rotatable bonds is 7. The summed E-state index contributed by atoms with van der Waals surface area (Å²) in [5.74, 6) is 0.850. The highest BCUT2D eigenvalue weighted by atomic mass is 127. The van der Waals surface area contributed by atoms with Gasteiger partial charge >= 0.3 is 0 Å². The minimum absolute atomic E-state index is 0.250. The summed E-state index contributed by atoms with van der Waals surface area (Å²) in [7, 11) is 1.57. The van der Waals surface area contributed by atoms with Crippen LogP contribution >= 0.6 is 56.9 Å². The van der Waals surface area contributed by atoms with Crippen LogP contribution in [0.25, 0.3) is 6.08 Å². The molecule has 0 aliphatic carbocycles. The predicted molar refractivity (Wildman–Crippen MR) is 145 cm³/mol. The van der Waals surface area contributed by atoms with Crippen LogP contribution in [0.15, 0.2) is 65.7 Å². The second-order valence-electron chi connectivity index (χ2n) is 7.04. The second kappa shape index (κ2) is 10.9. The van der Waals surface area contributed by atoms with E-state index >= 15 is 0 Å². The average molecular weight is 684 g/mol. The van der Waals surface area contributed by atoms with Crippen LogP contribution in [-0.2, 0) is 17.9 Å². The monoisotopic (exact) mass is 684 g/mol. The van der Waals surface area contributed by atoms with Crippen molar-refractivity contribution in [3.63, 3.8) is 0 Å². The van der Waals surface area contributed by atoms with Gasteiger partial charge < -0.3 is 9.47 Å². The third-order valence-electron chi connectivity index (χ3n) is 4.77. The normalized spacial score (nSPS) is 14.8. The fourth-order valence-corrected chi connectivity index (χ4v) is 5.13. The number of benzene rings is 2. The number of carbonyl (C=O) groups excluding carboxylic acids is 2. The molecule has 0 saturated carbocycles. The van der Waals surface area contributed by atoms with Gasteiger partial charge in [-0.25, -0.2) is 0 Å². The topological polar surface area (TPSA) is 68.7 Å². The zero-order valence-electron chi connectivity index (χ0n) is 17.5. The quantitative estimate of drug-likeness (QED) is 0.221. The van der Waals surface area contributed by atoms with Crippen molar-refractivity contribution >= 4 is 74.2 Å². The Hall–Kier alpha value is -2.12. The maximum atomic E-state index is 12.9. The standard InChI is InChI=1S/C24H18I2N2O4S/c1-31-20-11-16(10-19(26)22(20)32-14-18-4-2-3-9-27-18)12-21-23(29)28(24(30)33-21)13-15-5-7-17(25)8-6-15/h2-12H,13-14H2,1H3/b21-12-. The van der Waals surface area contributed by atoms with Gasteiger partial charge in [0, 0.05) is 9.77 Å². The van der Waals surface area contributed by atoms with Crippen LogP contribution in [0.1, 0.15) is 16.8 Å². The van der Waals surface area contributed by atoms with Gasteiger partial charge in [0.05, 0.1) is 27.8 Å². The first-order valence-corrected chi connectivity index (χ1v) is 12.8. The lowest BCUT2D eigenvalue weighted by Gasteiger charge is -2.14. The molecule has 2 aromatic carbocycles. The number of carbonyl (C=O) groups is 2. The second-order valence-corrected chi connectivity index (χ2v) is 10.4. The van der Waals surface area contributed by atoms with Crippen LogP contribution in [0, 0.1) is 7.14 Å². The molecule has 1 aromatic heterocycles. The van der Waals surface area contributed by atoms with Crippen molar-refractivity contribution in [3.8, 4) is 11.5 Å². The summed E-state index contributed by atoms with van der Waals surface area (Å²) in [5, 5.41) is -0.276. The molecule has 9 heteroatoms. The number of hydrogen-bond donors (Lipinski definition) is 0. The number of ether oxygens (including phenoxy) is 2. The van der Waals surface area contributed by atoms with E-state index in [-0.39, 0.29) is 17.7 Å².